The number of H-pyrrole nitrogens is 1. The first kappa shape index (κ1) is 10.2. The van der Waals surface area contributed by atoms with Crippen LogP contribution in [0.4, 0.5) is 5.82 Å². The van der Waals surface area contributed by atoms with E-state index in [0.29, 0.717) is 5.92 Å². The molecule has 1 fully saturated rings. The van der Waals surface area contributed by atoms with Gasteiger partial charge in [0.05, 0.1) is 6.20 Å². The number of hydrogen-bond acceptors (Lipinski definition) is 2. The highest BCUT2D eigenvalue weighted by atomic mass is 16.2. The van der Waals surface area contributed by atoms with Gasteiger partial charge in [-0.25, -0.2) is 0 Å². The zero-order valence-corrected chi connectivity index (χ0v) is 9.21. The number of aromatic amines is 1. The predicted octanol–water partition coefficient (Wildman–Crippen LogP) is 2.09. The van der Waals surface area contributed by atoms with Crippen LogP contribution in [0.2, 0.25) is 0 Å². The van der Waals surface area contributed by atoms with E-state index < -0.39 is 0 Å². The number of nitrogens with zero attached hydrogens (tertiary/aromatic N) is 1. The zero-order valence-electron chi connectivity index (χ0n) is 9.21. The molecule has 2 atom stereocenters. The second-order valence-corrected chi connectivity index (χ2v) is 4.43. The summed E-state index contributed by atoms with van der Waals surface area (Å²) in [5.41, 5.74) is 0.981. The van der Waals surface area contributed by atoms with E-state index in [4.69, 9.17) is 0 Å². The maximum atomic E-state index is 11.9. The molecular weight excluding hydrogens is 190 g/mol. The van der Waals surface area contributed by atoms with Crippen molar-refractivity contribution in [3.8, 4) is 0 Å². The van der Waals surface area contributed by atoms with Gasteiger partial charge >= 0.3 is 0 Å². The smallest absolute Gasteiger partial charge is 0.228 e. The molecule has 1 saturated carbocycles. The van der Waals surface area contributed by atoms with Gasteiger partial charge in [-0.3, -0.25) is 9.89 Å². The molecule has 82 valence electrons. The molecule has 0 aliphatic heterocycles. The lowest BCUT2D eigenvalue weighted by Crippen LogP contribution is -2.25. The van der Waals surface area contributed by atoms with Crippen molar-refractivity contribution in [2.45, 2.75) is 33.1 Å². The SMILES string of the molecule is Cc1cn[nH]c1NC(=O)C1CCCC1C. The molecule has 4 heteroatoms. The summed E-state index contributed by atoms with van der Waals surface area (Å²) in [6.07, 6.45) is 5.06. The lowest BCUT2D eigenvalue weighted by molar-refractivity contribution is -0.120. The molecule has 2 rings (SSSR count). The zero-order chi connectivity index (χ0) is 10.8. The Morgan fingerprint density at radius 3 is 2.93 bits per heavy atom. The van der Waals surface area contributed by atoms with E-state index in [1.165, 1.54) is 12.8 Å². The van der Waals surface area contributed by atoms with E-state index in [-0.39, 0.29) is 11.8 Å². The predicted molar refractivity (Wildman–Crippen MR) is 58.5 cm³/mol. The first-order valence-electron chi connectivity index (χ1n) is 5.49. The fourth-order valence-corrected chi connectivity index (χ4v) is 2.22. The lowest BCUT2D eigenvalue weighted by atomic mass is 9.97. The van der Waals surface area contributed by atoms with E-state index in [9.17, 15) is 4.79 Å². The molecule has 2 N–H and O–H groups in total. The third kappa shape index (κ3) is 2.03. The summed E-state index contributed by atoms with van der Waals surface area (Å²) < 4.78 is 0. The van der Waals surface area contributed by atoms with Crippen LogP contribution in [0, 0.1) is 18.8 Å². The average Bonchev–Trinajstić information content (AvgIpc) is 2.76. The number of carbonyl (C=O) groups is 1. The summed E-state index contributed by atoms with van der Waals surface area (Å²) in [5.74, 6) is 1.55. The standard InChI is InChI=1S/C11H17N3O/c1-7-4-3-5-9(7)11(15)13-10-8(2)6-12-14-10/h6-7,9H,3-5H2,1-2H3,(H2,12,13,14,15). The van der Waals surface area contributed by atoms with Crippen molar-refractivity contribution >= 4 is 11.7 Å². The van der Waals surface area contributed by atoms with Crippen LogP contribution in [0.1, 0.15) is 31.7 Å². The Kier molecular flexibility index (Phi) is 2.75. The van der Waals surface area contributed by atoms with Crippen LogP contribution in [-0.4, -0.2) is 16.1 Å². The minimum atomic E-state index is 0.132. The summed E-state index contributed by atoms with van der Waals surface area (Å²) in [5, 5.41) is 9.58. The molecule has 0 bridgehead atoms. The van der Waals surface area contributed by atoms with Crippen LogP contribution in [0.15, 0.2) is 6.20 Å². The van der Waals surface area contributed by atoms with Crippen molar-refractivity contribution in [3.63, 3.8) is 0 Å². The molecule has 4 nitrogen and oxygen atoms in total. The summed E-state index contributed by atoms with van der Waals surface area (Å²) in [6, 6.07) is 0. The molecule has 0 aromatic carbocycles. The third-order valence-electron chi connectivity index (χ3n) is 3.28. The maximum Gasteiger partial charge on any atom is 0.228 e. The van der Waals surface area contributed by atoms with E-state index in [2.05, 4.69) is 22.4 Å². The number of hydrogen-bond donors (Lipinski definition) is 2. The van der Waals surface area contributed by atoms with Gasteiger partial charge in [-0.2, -0.15) is 5.10 Å². The topological polar surface area (TPSA) is 57.8 Å². The Labute approximate surface area is 89.5 Å². The van der Waals surface area contributed by atoms with Gasteiger partial charge in [0.15, 0.2) is 0 Å². The molecule has 0 radical (unpaired) electrons. The lowest BCUT2D eigenvalue weighted by Gasteiger charge is -2.14. The Hall–Kier alpha value is -1.32. The van der Waals surface area contributed by atoms with E-state index in [1.807, 2.05) is 6.92 Å². The molecule has 15 heavy (non-hydrogen) atoms. The number of anilines is 1. The highest BCUT2D eigenvalue weighted by molar-refractivity contribution is 5.92. The molecular formula is C11H17N3O. The van der Waals surface area contributed by atoms with Gasteiger partial charge in [0.1, 0.15) is 5.82 Å². The fraction of sp³-hybridized carbons (Fsp3) is 0.636. The number of rotatable bonds is 2. The van der Waals surface area contributed by atoms with Crippen LogP contribution >= 0.6 is 0 Å². The number of aromatic nitrogens is 2. The summed E-state index contributed by atoms with van der Waals surface area (Å²) in [4.78, 5) is 11.9. The summed E-state index contributed by atoms with van der Waals surface area (Å²) in [6.45, 7) is 4.08. The van der Waals surface area contributed by atoms with Crippen LogP contribution < -0.4 is 5.32 Å². The van der Waals surface area contributed by atoms with Gasteiger partial charge in [0.25, 0.3) is 0 Å². The Morgan fingerprint density at radius 2 is 2.40 bits per heavy atom. The molecule has 2 unspecified atom stereocenters. The van der Waals surface area contributed by atoms with Gasteiger partial charge in [0, 0.05) is 11.5 Å². The number of carbonyl (C=O) groups excluding carboxylic acids is 1. The first-order chi connectivity index (χ1) is 7.18. The molecule has 1 aliphatic carbocycles. The minimum Gasteiger partial charge on any atom is -0.311 e. The largest absolute Gasteiger partial charge is 0.311 e. The first-order valence-corrected chi connectivity index (χ1v) is 5.49. The van der Waals surface area contributed by atoms with Gasteiger partial charge in [-0.15, -0.1) is 0 Å². The van der Waals surface area contributed by atoms with Gasteiger partial charge in [-0.1, -0.05) is 13.3 Å². The van der Waals surface area contributed by atoms with Crippen molar-refractivity contribution in [3.05, 3.63) is 11.8 Å². The van der Waals surface area contributed by atoms with Crippen LogP contribution in [-0.2, 0) is 4.79 Å². The summed E-state index contributed by atoms with van der Waals surface area (Å²) in [7, 11) is 0. The third-order valence-corrected chi connectivity index (χ3v) is 3.28. The molecule has 0 spiro atoms. The number of nitrogens with one attached hydrogen (secondary N) is 2. The van der Waals surface area contributed by atoms with Crippen molar-refractivity contribution < 1.29 is 4.79 Å². The molecule has 0 saturated heterocycles. The minimum absolute atomic E-state index is 0.132. The van der Waals surface area contributed by atoms with Gasteiger partial charge in [-0.05, 0) is 25.7 Å². The normalized spacial score (nSPS) is 25.5. The van der Waals surface area contributed by atoms with Crippen molar-refractivity contribution in [1.82, 2.24) is 10.2 Å². The average molecular weight is 207 g/mol. The molecule has 1 heterocycles. The van der Waals surface area contributed by atoms with Gasteiger partial charge in [0.2, 0.25) is 5.91 Å². The van der Waals surface area contributed by atoms with E-state index in [0.717, 1.165) is 17.8 Å². The van der Waals surface area contributed by atoms with E-state index >= 15 is 0 Å². The second-order valence-electron chi connectivity index (χ2n) is 4.43. The van der Waals surface area contributed by atoms with Crippen LogP contribution in [0.25, 0.3) is 0 Å². The number of aryl methyl sites for hydroxylation is 1. The van der Waals surface area contributed by atoms with Crippen LogP contribution in [0.5, 0.6) is 0 Å². The Balaban J connectivity index is 2.01. The maximum absolute atomic E-state index is 11.9. The van der Waals surface area contributed by atoms with Crippen molar-refractivity contribution in [1.29, 1.82) is 0 Å². The monoisotopic (exact) mass is 207 g/mol. The van der Waals surface area contributed by atoms with Crippen molar-refractivity contribution in [2.75, 3.05) is 5.32 Å². The molecule has 1 aliphatic rings. The molecule has 1 aromatic rings. The quantitative estimate of drug-likeness (QED) is 0.780. The second kappa shape index (κ2) is 4.04. The highest BCUT2D eigenvalue weighted by Gasteiger charge is 2.29. The Morgan fingerprint density at radius 1 is 1.60 bits per heavy atom. The van der Waals surface area contributed by atoms with Crippen molar-refractivity contribution in [2.24, 2.45) is 11.8 Å². The summed E-state index contributed by atoms with van der Waals surface area (Å²) >= 11 is 0. The number of amides is 1. The highest BCUT2D eigenvalue weighted by Crippen LogP contribution is 2.32. The van der Waals surface area contributed by atoms with Gasteiger partial charge < -0.3 is 5.32 Å². The molecule has 1 aromatic heterocycles. The van der Waals surface area contributed by atoms with E-state index in [1.54, 1.807) is 6.20 Å². The Bertz CT molecular complexity index is 358. The fourth-order valence-electron chi connectivity index (χ4n) is 2.22. The van der Waals surface area contributed by atoms with Crippen LogP contribution in [0.3, 0.4) is 0 Å². The molecule has 1 amide bonds.